The number of rotatable bonds is 4. The van der Waals surface area contributed by atoms with Gasteiger partial charge < -0.3 is 15.2 Å². The van der Waals surface area contributed by atoms with E-state index < -0.39 is 5.54 Å². The zero-order valence-electron chi connectivity index (χ0n) is 20.2. The molecule has 2 aliphatic rings. The number of nitrogens with zero attached hydrogens (tertiary/aromatic N) is 2. The number of nitrogens with one attached hydrogen (secondary N) is 2. The van der Waals surface area contributed by atoms with Crippen LogP contribution in [-0.2, 0) is 23.2 Å². The molecule has 6 rings (SSSR count). The fourth-order valence-corrected chi connectivity index (χ4v) is 5.53. The maximum absolute atomic E-state index is 13.8. The Labute approximate surface area is 208 Å². The second-order valence-corrected chi connectivity index (χ2v) is 9.43. The third-order valence-electron chi connectivity index (χ3n) is 7.50. The molecule has 2 N–H and O–H groups in total. The van der Waals surface area contributed by atoms with E-state index in [1.54, 1.807) is 29.2 Å². The number of carbonyl (C=O) groups excluding carboxylic acids is 3. The number of fused-ring (bicyclic) bond motifs is 5. The number of para-hydroxylation sites is 2. The fourth-order valence-electron chi connectivity index (χ4n) is 5.53. The maximum Gasteiger partial charge on any atom is 0.332 e. The molecule has 3 heterocycles. The summed E-state index contributed by atoms with van der Waals surface area (Å²) < 4.78 is 0. The van der Waals surface area contributed by atoms with Crippen LogP contribution in [0.25, 0.3) is 10.9 Å². The lowest BCUT2D eigenvalue weighted by molar-refractivity contribution is -0.125. The van der Waals surface area contributed by atoms with Crippen molar-refractivity contribution in [3.05, 3.63) is 95.2 Å². The SMILES string of the molecule is CCc1ccccc1NC(=O)c1ccc(N2C(=O)N3CCc4c([nH]c5ccccc45)C3(C)C2=O)cc1. The van der Waals surface area contributed by atoms with E-state index in [-0.39, 0.29) is 17.8 Å². The van der Waals surface area contributed by atoms with E-state index in [1.165, 1.54) is 4.90 Å². The zero-order valence-corrected chi connectivity index (χ0v) is 20.2. The number of amides is 4. The van der Waals surface area contributed by atoms with Crippen LogP contribution in [-0.4, -0.2) is 34.3 Å². The average Bonchev–Trinajstić information content (AvgIpc) is 3.38. The Morgan fingerprint density at radius 3 is 2.50 bits per heavy atom. The number of hydrogen-bond acceptors (Lipinski definition) is 3. The Bertz CT molecular complexity index is 1540. The predicted molar refractivity (Wildman–Crippen MR) is 139 cm³/mol. The highest BCUT2D eigenvalue weighted by Gasteiger charge is 2.59. The van der Waals surface area contributed by atoms with Crippen LogP contribution in [0.5, 0.6) is 0 Å². The van der Waals surface area contributed by atoms with Crippen LogP contribution in [0.2, 0.25) is 0 Å². The van der Waals surface area contributed by atoms with Gasteiger partial charge in [-0.25, -0.2) is 9.69 Å². The van der Waals surface area contributed by atoms with Crippen molar-refractivity contribution in [2.75, 3.05) is 16.8 Å². The molecule has 1 fully saturated rings. The lowest BCUT2D eigenvalue weighted by Crippen LogP contribution is -2.49. The van der Waals surface area contributed by atoms with E-state index in [1.807, 2.05) is 62.4 Å². The second-order valence-electron chi connectivity index (χ2n) is 9.43. The van der Waals surface area contributed by atoms with Gasteiger partial charge in [0.15, 0.2) is 5.54 Å². The summed E-state index contributed by atoms with van der Waals surface area (Å²) in [7, 11) is 0. The number of aryl methyl sites for hydroxylation is 1. The summed E-state index contributed by atoms with van der Waals surface area (Å²) >= 11 is 0. The molecule has 1 unspecified atom stereocenters. The molecule has 1 saturated heterocycles. The minimum atomic E-state index is -1.11. The van der Waals surface area contributed by atoms with E-state index in [4.69, 9.17) is 0 Å². The molecular weight excluding hydrogens is 452 g/mol. The largest absolute Gasteiger partial charge is 0.356 e. The molecule has 7 nitrogen and oxygen atoms in total. The molecule has 3 aromatic carbocycles. The molecule has 0 radical (unpaired) electrons. The van der Waals surface area contributed by atoms with Crippen molar-refractivity contribution in [1.82, 2.24) is 9.88 Å². The molecule has 4 amide bonds. The van der Waals surface area contributed by atoms with Crippen LogP contribution < -0.4 is 10.2 Å². The first-order valence-electron chi connectivity index (χ1n) is 12.2. The summed E-state index contributed by atoms with van der Waals surface area (Å²) in [5, 5.41) is 4.05. The molecular formula is C29H26N4O3. The van der Waals surface area contributed by atoms with E-state index in [0.29, 0.717) is 24.2 Å². The van der Waals surface area contributed by atoms with Gasteiger partial charge in [0.1, 0.15) is 0 Å². The molecule has 36 heavy (non-hydrogen) atoms. The minimum absolute atomic E-state index is 0.242. The number of hydrogen-bond donors (Lipinski definition) is 2. The highest BCUT2D eigenvalue weighted by atomic mass is 16.2. The number of H-pyrrole nitrogens is 1. The van der Waals surface area contributed by atoms with Crippen LogP contribution in [0.4, 0.5) is 16.2 Å². The molecule has 1 atom stereocenters. The molecule has 0 spiro atoms. The lowest BCUT2D eigenvalue weighted by Gasteiger charge is -2.35. The fraction of sp³-hybridized carbons (Fsp3) is 0.207. The van der Waals surface area contributed by atoms with Gasteiger partial charge >= 0.3 is 6.03 Å². The topological polar surface area (TPSA) is 85.5 Å². The number of carbonyl (C=O) groups is 3. The van der Waals surface area contributed by atoms with E-state index in [9.17, 15) is 14.4 Å². The summed E-state index contributed by atoms with van der Waals surface area (Å²) in [4.78, 5) is 46.4. The smallest absolute Gasteiger partial charge is 0.332 e. The molecule has 7 heteroatoms. The summed E-state index contributed by atoms with van der Waals surface area (Å²) in [6.45, 7) is 4.31. The van der Waals surface area contributed by atoms with Crippen molar-refractivity contribution in [1.29, 1.82) is 0 Å². The Morgan fingerprint density at radius 2 is 1.72 bits per heavy atom. The van der Waals surface area contributed by atoms with Gasteiger partial charge in [-0.05, 0) is 67.3 Å². The summed E-state index contributed by atoms with van der Waals surface area (Å²) in [5.41, 5.74) is 4.45. The van der Waals surface area contributed by atoms with Gasteiger partial charge in [-0.1, -0.05) is 43.3 Å². The van der Waals surface area contributed by atoms with Crippen molar-refractivity contribution in [3.8, 4) is 0 Å². The maximum atomic E-state index is 13.8. The first kappa shape index (κ1) is 22.1. The quantitative estimate of drug-likeness (QED) is 0.394. The van der Waals surface area contributed by atoms with E-state index in [2.05, 4.69) is 10.3 Å². The summed E-state index contributed by atoms with van der Waals surface area (Å²) in [6.07, 6.45) is 1.49. The predicted octanol–water partition coefficient (Wildman–Crippen LogP) is 5.22. The molecule has 1 aromatic heterocycles. The Morgan fingerprint density at radius 1 is 1.00 bits per heavy atom. The van der Waals surface area contributed by atoms with Gasteiger partial charge in [0, 0.05) is 28.7 Å². The average molecular weight is 479 g/mol. The van der Waals surface area contributed by atoms with Gasteiger partial charge in [0.25, 0.3) is 11.8 Å². The van der Waals surface area contributed by atoms with Crippen LogP contribution >= 0.6 is 0 Å². The van der Waals surface area contributed by atoms with E-state index in [0.717, 1.165) is 39.8 Å². The van der Waals surface area contributed by atoms with Crippen LogP contribution in [0.3, 0.4) is 0 Å². The molecule has 4 aromatic rings. The van der Waals surface area contributed by atoms with Crippen molar-refractivity contribution < 1.29 is 14.4 Å². The second kappa shape index (κ2) is 8.09. The minimum Gasteiger partial charge on any atom is -0.356 e. The summed E-state index contributed by atoms with van der Waals surface area (Å²) in [5.74, 6) is -0.539. The van der Waals surface area contributed by atoms with Gasteiger partial charge in [-0.2, -0.15) is 0 Å². The van der Waals surface area contributed by atoms with Gasteiger partial charge in [0.2, 0.25) is 0 Å². The van der Waals surface area contributed by atoms with Crippen LogP contribution in [0, 0.1) is 0 Å². The number of anilines is 2. The van der Waals surface area contributed by atoms with Crippen LogP contribution in [0.15, 0.2) is 72.8 Å². The molecule has 0 bridgehead atoms. The number of benzene rings is 3. The normalized spacial score (nSPS) is 18.9. The highest BCUT2D eigenvalue weighted by Crippen LogP contribution is 2.45. The monoisotopic (exact) mass is 478 g/mol. The molecule has 0 saturated carbocycles. The number of imide groups is 1. The third-order valence-corrected chi connectivity index (χ3v) is 7.50. The standard InChI is InChI=1S/C29H26N4O3/c1-3-18-8-4-6-10-23(18)31-26(34)19-12-14-20(15-13-19)33-27(35)29(2)25-22(16-17-32(29)28(33)36)21-9-5-7-11-24(21)30-25/h4-15,30H,3,16-17H2,1-2H3,(H,31,34). The number of urea groups is 1. The van der Waals surface area contributed by atoms with Gasteiger partial charge in [-0.3, -0.25) is 9.59 Å². The van der Waals surface area contributed by atoms with Gasteiger partial charge in [-0.15, -0.1) is 0 Å². The van der Waals surface area contributed by atoms with Crippen LogP contribution in [0.1, 0.15) is 41.0 Å². The zero-order chi connectivity index (χ0) is 25.0. The van der Waals surface area contributed by atoms with Crippen molar-refractivity contribution in [2.45, 2.75) is 32.2 Å². The first-order chi connectivity index (χ1) is 17.4. The van der Waals surface area contributed by atoms with Crippen molar-refractivity contribution in [3.63, 3.8) is 0 Å². The first-order valence-corrected chi connectivity index (χ1v) is 12.2. The van der Waals surface area contributed by atoms with Gasteiger partial charge in [0.05, 0.1) is 11.4 Å². The Hall–Kier alpha value is -4.39. The van der Waals surface area contributed by atoms with Crippen molar-refractivity contribution >= 4 is 40.1 Å². The third kappa shape index (κ3) is 3.09. The molecule has 0 aliphatic carbocycles. The molecule has 2 aliphatic heterocycles. The summed E-state index contributed by atoms with van der Waals surface area (Å²) in [6, 6.07) is 21.9. The molecule has 180 valence electrons. The Balaban J connectivity index is 1.30. The number of aromatic amines is 1. The Kier molecular flexibility index (Phi) is 4.96. The lowest BCUT2D eigenvalue weighted by atomic mass is 9.87. The van der Waals surface area contributed by atoms with E-state index >= 15 is 0 Å². The number of aromatic nitrogens is 1. The van der Waals surface area contributed by atoms with Crippen molar-refractivity contribution in [2.24, 2.45) is 0 Å². The highest BCUT2D eigenvalue weighted by molar-refractivity contribution is 6.23.